The van der Waals surface area contributed by atoms with Crippen LogP contribution in [0.1, 0.15) is 56.1 Å². The third-order valence-electron chi connectivity index (χ3n) is 4.92. The predicted molar refractivity (Wildman–Crippen MR) is 112 cm³/mol. The molecule has 1 amide bonds. The Kier molecular flexibility index (Phi) is 6.21. The Labute approximate surface area is 171 Å². The molecule has 0 bridgehead atoms. The van der Waals surface area contributed by atoms with Crippen LogP contribution in [-0.2, 0) is 10.0 Å². The molecule has 6 nitrogen and oxygen atoms in total. The number of piperidine rings is 1. The van der Waals surface area contributed by atoms with Gasteiger partial charge in [-0.2, -0.15) is 4.31 Å². The first-order valence-electron chi connectivity index (χ1n) is 9.53. The number of rotatable bonds is 5. The molecule has 28 heavy (non-hydrogen) atoms. The molecule has 1 aromatic carbocycles. The van der Waals surface area contributed by atoms with Crippen molar-refractivity contribution in [3.63, 3.8) is 0 Å². The minimum atomic E-state index is -3.54. The number of aromatic nitrogens is 1. The molecular formula is C20H27N3O3S2. The first-order valence-corrected chi connectivity index (χ1v) is 11.9. The largest absolute Gasteiger partial charge is 0.298 e. The van der Waals surface area contributed by atoms with E-state index in [9.17, 15) is 13.2 Å². The van der Waals surface area contributed by atoms with Gasteiger partial charge in [-0.05, 0) is 48.4 Å². The number of benzene rings is 1. The highest BCUT2D eigenvalue weighted by Crippen LogP contribution is 2.27. The molecule has 1 fully saturated rings. The van der Waals surface area contributed by atoms with Crippen molar-refractivity contribution in [1.82, 2.24) is 9.29 Å². The Morgan fingerprint density at radius 3 is 2.32 bits per heavy atom. The van der Waals surface area contributed by atoms with Crippen LogP contribution in [0.4, 0.5) is 5.13 Å². The van der Waals surface area contributed by atoms with Crippen molar-refractivity contribution in [2.45, 2.75) is 44.9 Å². The Bertz CT molecular complexity index is 926. The smallest absolute Gasteiger partial charge is 0.257 e. The molecule has 0 saturated carbocycles. The maximum absolute atomic E-state index is 12.9. The van der Waals surface area contributed by atoms with E-state index in [1.165, 1.54) is 23.5 Å². The van der Waals surface area contributed by atoms with Crippen LogP contribution >= 0.6 is 11.3 Å². The number of hydrogen-bond acceptors (Lipinski definition) is 5. The standard InChI is InChI=1S/C20H27N3O3S2/c1-13(2)18-12-27-20(21-18)22-19(24)16-5-7-17(8-6-16)28(25,26)23-10-14(3)9-15(4)11-23/h5-8,12-15H,9-11H2,1-4H3,(H,21,22,24). The van der Waals surface area contributed by atoms with Crippen LogP contribution in [0.15, 0.2) is 34.5 Å². The van der Waals surface area contributed by atoms with E-state index < -0.39 is 10.0 Å². The fraction of sp³-hybridized carbons (Fsp3) is 0.500. The topological polar surface area (TPSA) is 79.4 Å². The van der Waals surface area contributed by atoms with E-state index in [0.29, 0.717) is 41.5 Å². The minimum absolute atomic E-state index is 0.224. The Morgan fingerprint density at radius 2 is 1.79 bits per heavy atom. The van der Waals surface area contributed by atoms with E-state index in [2.05, 4.69) is 24.1 Å². The normalized spacial score (nSPS) is 21.0. The molecule has 0 radical (unpaired) electrons. The summed E-state index contributed by atoms with van der Waals surface area (Å²) in [7, 11) is -3.54. The average Bonchev–Trinajstić information content (AvgIpc) is 3.10. The summed E-state index contributed by atoms with van der Waals surface area (Å²) in [5.74, 6) is 0.690. The first-order chi connectivity index (χ1) is 13.2. The summed E-state index contributed by atoms with van der Waals surface area (Å²) in [4.78, 5) is 17.1. The number of sulfonamides is 1. The number of carbonyl (C=O) groups is 1. The number of hydrogen-bond donors (Lipinski definition) is 1. The zero-order valence-corrected chi connectivity index (χ0v) is 18.3. The number of amides is 1. The Balaban J connectivity index is 1.72. The van der Waals surface area contributed by atoms with Gasteiger partial charge in [0.1, 0.15) is 0 Å². The van der Waals surface area contributed by atoms with Crippen LogP contribution in [0.5, 0.6) is 0 Å². The van der Waals surface area contributed by atoms with Gasteiger partial charge >= 0.3 is 0 Å². The lowest BCUT2D eigenvalue weighted by atomic mass is 9.94. The van der Waals surface area contributed by atoms with Crippen molar-refractivity contribution < 1.29 is 13.2 Å². The lowest BCUT2D eigenvalue weighted by Gasteiger charge is -2.34. The van der Waals surface area contributed by atoms with Crippen molar-refractivity contribution in [1.29, 1.82) is 0 Å². The van der Waals surface area contributed by atoms with Crippen molar-refractivity contribution in [3.8, 4) is 0 Å². The lowest BCUT2D eigenvalue weighted by molar-refractivity contribution is 0.102. The van der Waals surface area contributed by atoms with Gasteiger partial charge in [0.15, 0.2) is 5.13 Å². The van der Waals surface area contributed by atoms with Crippen LogP contribution < -0.4 is 5.32 Å². The zero-order valence-electron chi connectivity index (χ0n) is 16.7. The van der Waals surface area contributed by atoms with Crippen LogP contribution in [0.25, 0.3) is 0 Å². The van der Waals surface area contributed by atoms with E-state index in [1.807, 2.05) is 19.2 Å². The predicted octanol–water partition coefficient (Wildman–Crippen LogP) is 4.19. The van der Waals surface area contributed by atoms with Gasteiger partial charge in [-0.3, -0.25) is 10.1 Å². The van der Waals surface area contributed by atoms with Gasteiger partial charge in [0.05, 0.1) is 10.6 Å². The van der Waals surface area contributed by atoms with Gasteiger partial charge in [-0.1, -0.05) is 27.7 Å². The van der Waals surface area contributed by atoms with Gasteiger partial charge in [0.2, 0.25) is 10.0 Å². The molecular weight excluding hydrogens is 394 g/mol. The second kappa shape index (κ2) is 8.31. The van der Waals surface area contributed by atoms with Crippen molar-refractivity contribution in [2.75, 3.05) is 18.4 Å². The molecule has 8 heteroatoms. The second-order valence-corrected chi connectivity index (χ2v) is 10.8. The fourth-order valence-corrected chi connectivity index (χ4v) is 6.05. The van der Waals surface area contributed by atoms with E-state index in [-0.39, 0.29) is 10.8 Å². The molecule has 1 saturated heterocycles. The SMILES string of the molecule is CC1CC(C)CN(S(=O)(=O)c2ccc(C(=O)Nc3nc(C(C)C)cs3)cc2)C1. The molecule has 152 valence electrons. The van der Waals surface area contributed by atoms with Gasteiger partial charge in [0, 0.05) is 24.0 Å². The highest BCUT2D eigenvalue weighted by Gasteiger charge is 2.31. The highest BCUT2D eigenvalue weighted by atomic mass is 32.2. The van der Waals surface area contributed by atoms with Crippen molar-refractivity contribution in [2.24, 2.45) is 11.8 Å². The molecule has 1 N–H and O–H groups in total. The Morgan fingerprint density at radius 1 is 1.18 bits per heavy atom. The van der Waals surface area contributed by atoms with Crippen molar-refractivity contribution in [3.05, 3.63) is 40.9 Å². The molecule has 2 atom stereocenters. The molecule has 3 rings (SSSR count). The first kappa shape index (κ1) is 21.0. The fourth-order valence-electron chi connectivity index (χ4n) is 3.51. The number of thiazole rings is 1. The molecule has 1 aliphatic heterocycles. The lowest BCUT2D eigenvalue weighted by Crippen LogP contribution is -2.42. The third kappa shape index (κ3) is 4.61. The summed E-state index contributed by atoms with van der Waals surface area (Å²) in [5.41, 5.74) is 1.34. The summed E-state index contributed by atoms with van der Waals surface area (Å²) in [6, 6.07) is 6.12. The molecule has 1 aliphatic rings. The Hall–Kier alpha value is -1.77. The number of carbonyl (C=O) groups excluding carboxylic acids is 1. The molecule has 2 heterocycles. The maximum Gasteiger partial charge on any atom is 0.257 e. The number of nitrogens with one attached hydrogen (secondary N) is 1. The van der Waals surface area contributed by atoms with Crippen LogP contribution in [0, 0.1) is 11.8 Å². The maximum atomic E-state index is 12.9. The second-order valence-electron chi connectivity index (χ2n) is 7.98. The number of nitrogens with zero attached hydrogens (tertiary/aromatic N) is 2. The minimum Gasteiger partial charge on any atom is -0.298 e. The van der Waals surface area contributed by atoms with E-state index in [1.54, 1.807) is 16.4 Å². The molecule has 0 spiro atoms. The van der Waals surface area contributed by atoms with E-state index in [4.69, 9.17) is 0 Å². The van der Waals surface area contributed by atoms with Gasteiger partial charge < -0.3 is 0 Å². The monoisotopic (exact) mass is 421 g/mol. The summed E-state index contributed by atoms with van der Waals surface area (Å²) < 4.78 is 27.4. The van der Waals surface area contributed by atoms with Gasteiger partial charge in [0.25, 0.3) is 5.91 Å². The molecule has 0 aliphatic carbocycles. The van der Waals surface area contributed by atoms with Crippen LogP contribution in [0.3, 0.4) is 0 Å². The number of anilines is 1. The summed E-state index contributed by atoms with van der Waals surface area (Å²) >= 11 is 1.38. The van der Waals surface area contributed by atoms with Crippen molar-refractivity contribution >= 4 is 32.4 Å². The van der Waals surface area contributed by atoms with Gasteiger partial charge in [-0.25, -0.2) is 13.4 Å². The quantitative estimate of drug-likeness (QED) is 0.785. The van der Waals surface area contributed by atoms with Crippen LogP contribution in [0.2, 0.25) is 0 Å². The summed E-state index contributed by atoms with van der Waals surface area (Å²) in [6.45, 7) is 9.32. The zero-order chi connectivity index (χ0) is 20.5. The average molecular weight is 422 g/mol. The van der Waals surface area contributed by atoms with E-state index >= 15 is 0 Å². The van der Waals surface area contributed by atoms with Gasteiger partial charge in [-0.15, -0.1) is 11.3 Å². The summed E-state index contributed by atoms with van der Waals surface area (Å²) in [6.07, 6.45) is 1.04. The molecule has 2 aromatic rings. The highest BCUT2D eigenvalue weighted by molar-refractivity contribution is 7.89. The molecule has 2 unspecified atom stereocenters. The van der Waals surface area contributed by atoms with E-state index in [0.717, 1.165) is 12.1 Å². The van der Waals surface area contributed by atoms with Crippen LogP contribution in [-0.4, -0.2) is 36.7 Å². The third-order valence-corrected chi connectivity index (χ3v) is 7.55. The molecule has 1 aromatic heterocycles. The summed E-state index contributed by atoms with van der Waals surface area (Å²) in [5, 5.41) is 5.25.